The summed E-state index contributed by atoms with van der Waals surface area (Å²) in [6, 6.07) is 7.82. The van der Waals surface area contributed by atoms with Crippen LogP contribution in [-0.2, 0) is 10.2 Å². The highest BCUT2D eigenvalue weighted by Gasteiger charge is 2.50. The molecule has 1 aromatic carbocycles. The number of halogens is 3. The van der Waals surface area contributed by atoms with Gasteiger partial charge in [0.15, 0.2) is 5.82 Å². The molecule has 0 atom stereocenters. The van der Waals surface area contributed by atoms with E-state index in [1.165, 1.54) is 0 Å². The Morgan fingerprint density at radius 2 is 1.91 bits per heavy atom. The molecule has 2 aromatic rings. The van der Waals surface area contributed by atoms with E-state index in [1.807, 2.05) is 45.0 Å². The fourth-order valence-electron chi connectivity index (χ4n) is 3.05. The zero-order valence-corrected chi connectivity index (χ0v) is 18.6. The van der Waals surface area contributed by atoms with Crippen LogP contribution in [0.5, 0.6) is 0 Å². The van der Waals surface area contributed by atoms with Gasteiger partial charge in [0.1, 0.15) is 12.0 Å². The lowest BCUT2D eigenvalue weighted by molar-refractivity contribution is -0.107. The Morgan fingerprint density at radius 3 is 2.44 bits per heavy atom. The standard InChI is InChI=1S/C19H19F3N4O2.C2H6.CH4O/c1-12-5-2-3-6-13(12)18(7-8-18)17-25-16(28-26-17)14(23)11-15(19(20,21)22)24-9-4-10-27;2*1-2/h2-3,5-6,10-11H,4,7-9,23H2,1H3;1-2H3;2H,1H3/b14-11-,24-15?;;. The van der Waals surface area contributed by atoms with Crippen LogP contribution in [0.4, 0.5) is 13.2 Å². The van der Waals surface area contributed by atoms with Gasteiger partial charge in [-0.15, -0.1) is 0 Å². The maximum absolute atomic E-state index is 13.1. The number of aliphatic hydroxyl groups excluding tert-OH is 1. The lowest BCUT2D eigenvalue weighted by Crippen LogP contribution is -2.22. The van der Waals surface area contributed by atoms with Gasteiger partial charge in [-0.25, -0.2) is 0 Å². The molecule has 7 nitrogen and oxygen atoms in total. The maximum atomic E-state index is 13.1. The molecule has 1 saturated carbocycles. The molecule has 0 spiro atoms. The number of aldehydes is 1. The Balaban J connectivity index is 0.00000121. The molecule has 3 N–H and O–H groups in total. The van der Waals surface area contributed by atoms with Crippen LogP contribution in [0.2, 0.25) is 0 Å². The van der Waals surface area contributed by atoms with Crippen molar-refractivity contribution < 1.29 is 27.6 Å². The van der Waals surface area contributed by atoms with E-state index in [0.29, 0.717) is 18.2 Å². The number of nitrogens with two attached hydrogens (primary N) is 1. The second kappa shape index (κ2) is 12.1. The molecule has 0 radical (unpaired) electrons. The second-order valence-electron chi connectivity index (χ2n) is 6.64. The molecule has 1 aliphatic rings. The number of aryl methyl sites for hydroxylation is 1. The van der Waals surface area contributed by atoms with E-state index >= 15 is 0 Å². The average Bonchev–Trinajstić information content (AvgIpc) is 3.43. The number of hydrogen-bond donors (Lipinski definition) is 2. The van der Waals surface area contributed by atoms with Crippen molar-refractivity contribution in [3.63, 3.8) is 0 Å². The molecule has 3 rings (SSSR count). The summed E-state index contributed by atoms with van der Waals surface area (Å²) in [5.74, 6) is 0.210. The highest BCUT2D eigenvalue weighted by molar-refractivity contribution is 6.03. The molecule has 1 heterocycles. The summed E-state index contributed by atoms with van der Waals surface area (Å²) in [7, 11) is 1.00. The molecule has 176 valence electrons. The topological polar surface area (TPSA) is 115 Å². The first kappa shape index (κ1) is 27.0. The van der Waals surface area contributed by atoms with E-state index in [4.69, 9.17) is 15.4 Å². The quantitative estimate of drug-likeness (QED) is 0.371. The second-order valence-corrected chi connectivity index (χ2v) is 6.64. The minimum absolute atomic E-state index is 0.114. The highest BCUT2D eigenvalue weighted by atomic mass is 19.4. The van der Waals surface area contributed by atoms with Gasteiger partial charge in [-0.05, 0) is 37.0 Å². The van der Waals surface area contributed by atoms with Gasteiger partial charge in [-0.1, -0.05) is 43.3 Å². The van der Waals surface area contributed by atoms with Crippen molar-refractivity contribution in [2.75, 3.05) is 13.7 Å². The van der Waals surface area contributed by atoms with Crippen molar-refractivity contribution in [2.45, 2.75) is 51.6 Å². The van der Waals surface area contributed by atoms with Crippen LogP contribution in [0.3, 0.4) is 0 Å². The predicted molar refractivity (Wildman–Crippen MR) is 116 cm³/mol. The lowest BCUT2D eigenvalue weighted by Gasteiger charge is -2.13. The van der Waals surface area contributed by atoms with Crippen molar-refractivity contribution in [1.82, 2.24) is 10.1 Å². The number of carbonyl (C=O) groups excluding carboxylic acids is 1. The van der Waals surface area contributed by atoms with Gasteiger partial charge in [0.2, 0.25) is 0 Å². The number of carbonyl (C=O) groups is 1. The van der Waals surface area contributed by atoms with E-state index in [1.54, 1.807) is 0 Å². The molecule has 1 aromatic heterocycles. The number of aliphatic imine (C=N–C) groups is 1. The summed E-state index contributed by atoms with van der Waals surface area (Å²) in [5, 5.41) is 11.0. The number of aliphatic hydroxyl groups is 1. The molecule has 32 heavy (non-hydrogen) atoms. The fourth-order valence-corrected chi connectivity index (χ4v) is 3.05. The highest BCUT2D eigenvalue weighted by Crippen LogP contribution is 2.53. The minimum Gasteiger partial charge on any atom is -0.400 e. The molecule has 0 amide bonds. The molecular weight excluding hydrogens is 425 g/mol. The maximum Gasteiger partial charge on any atom is 0.432 e. The molecule has 0 bridgehead atoms. The fraction of sp³-hybridized carbons (Fsp3) is 0.455. The number of benzene rings is 1. The molecule has 0 saturated heterocycles. The minimum atomic E-state index is -4.71. The van der Waals surface area contributed by atoms with Crippen molar-refractivity contribution in [3.05, 3.63) is 53.2 Å². The van der Waals surface area contributed by atoms with Crippen molar-refractivity contribution in [2.24, 2.45) is 10.7 Å². The van der Waals surface area contributed by atoms with Crippen molar-refractivity contribution in [1.29, 1.82) is 0 Å². The van der Waals surface area contributed by atoms with Gasteiger partial charge in [-0.3, -0.25) is 4.99 Å². The number of nitrogens with zero attached hydrogens (tertiary/aromatic N) is 3. The van der Waals surface area contributed by atoms with E-state index in [-0.39, 0.29) is 24.6 Å². The third-order valence-electron chi connectivity index (χ3n) is 4.62. The van der Waals surface area contributed by atoms with E-state index < -0.39 is 17.3 Å². The van der Waals surface area contributed by atoms with E-state index in [9.17, 15) is 18.0 Å². The third-order valence-corrected chi connectivity index (χ3v) is 4.62. The van der Waals surface area contributed by atoms with Gasteiger partial charge in [0.05, 0.1) is 11.1 Å². The molecule has 0 unspecified atom stereocenters. The van der Waals surface area contributed by atoms with Crippen LogP contribution in [0, 0.1) is 6.92 Å². The Hall–Kier alpha value is -3.01. The van der Waals surface area contributed by atoms with Gasteiger partial charge >= 0.3 is 6.18 Å². The molecule has 0 aliphatic heterocycles. The normalized spacial score (nSPS) is 15.1. The smallest absolute Gasteiger partial charge is 0.400 e. The summed E-state index contributed by atoms with van der Waals surface area (Å²) in [4.78, 5) is 17.9. The Kier molecular flexibility index (Phi) is 10.2. The summed E-state index contributed by atoms with van der Waals surface area (Å²) >= 11 is 0. The number of hydrogen-bond acceptors (Lipinski definition) is 7. The van der Waals surface area contributed by atoms with Gasteiger partial charge in [0, 0.05) is 20.1 Å². The zero-order valence-electron chi connectivity index (χ0n) is 18.6. The Morgan fingerprint density at radius 1 is 1.28 bits per heavy atom. The summed E-state index contributed by atoms with van der Waals surface area (Å²) < 4.78 is 44.4. The molecule has 1 fully saturated rings. The van der Waals surface area contributed by atoms with Crippen LogP contribution in [0.15, 0.2) is 39.9 Å². The largest absolute Gasteiger partial charge is 0.432 e. The average molecular weight is 454 g/mol. The van der Waals surface area contributed by atoms with Crippen molar-refractivity contribution >= 4 is 17.7 Å². The predicted octanol–water partition coefficient (Wildman–Crippen LogP) is 3.98. The SMILES string of the molecule is CC.CO.Cc1ccccc1C1(c2noc(/C(N)=C/C(=NCCC=O)C(F)(F)F)n2)CC1. The Labute approximate surface area is 185 Å². The van der Waals surface area contributed by atoms with Gasteiger partial charge in [0.25, 0.3) is 5.89 Å². The van der Waals surface area contributed by atoms with E-state index in [0.717, 1.165) is 31.1 Å². The molecule has 1 aliphatic carbocycles. The number of aromatic nitrogens is 2. The zero-order chi connectivity index (χ0) is 24.4. The monoisotopic (exact) mass is 454 g/mol. The van der Waals surface area contributed by atoms with Crippen LogP contribution in [0.25, 0.3) is 5.70 Å². The van der Waals surface area contributed by atoms with Crippen molar-refractivity contribution in [3.8, 4) is 0 Å². The third kappa shape index (κ3) is 6.49. The van der Waals surface area contributed by atoms with Gasteiger partial charge < -0.3 is 20.2 Å². The first-order chi connectivity index (χ1) is 15.3. The molecule has 10 heteroatoms. The Bertz CT molecular complexity index is 932. The van der Waals surface area contributed by atoms with E-state index in [2.05, 4.69) is 15.1 Å². The number of allylic oxidation sites excluding steroid dienone is 1. The summed E-state index contributed by atoms with van der Waals surface area (Å²) in [6.45, 7) is 5.70. The number of alkyl halides is 3. The molecular formula is C22H29F3N4O3. The lowest BCUT2D eigenvalue weighted by atomic mass is 9.91. The summed E-state index contributed by atoms with van der Waals surface area (Å²) in [5.41, 5.74) is 5.98. The van der Waals surface area contributed by atoms with Crippen LogP contribution >= 0.6 is 0 Å². The number of rotatable bonds is 7. The van der Waals surface area contributed by atoms with Crippen LogP contribution < -0.4 is 5.73 Å². The van der Waals surface area contributed by atoms with Crippen LogP contribution in [0.1, 0.15) is 56.0 Å². The first-order valence-corrected chi connectivity index (χ1v) is 10.2. The first-order valence-electron chi connectivity index (χ1n) is 10.2. The summed E-state index contributed by atoms with van der Waals surface area (Å²) in [6.07, 6.45) is -2.04. The van der Waals surface area contributed by atoms with Gasteiger partial charge in [-0.2, -0.15) is 18.2 Å². The van der Waals surface area contributed by atoms with Crippen LogP contribution in [-0.4, -0.2) is 47.1 Å².